The Morgan fingerprint density at radius 3 is 2.47 bits per heavy atom. The molecule has 0 bridgehead atoms. The van der Waals surface area contributed by atoms with Crippen molar-refractivity contribution >= 4 is 0 Å². The van der Waals surface area contributed by atoms with Gasteiger partial charge in [0, 0.05) is 25.2 Å². The number of piperazine rings is 1. The van der Waals surface area contributed by atoms with Crippen LogP contribution in [0.3, 0.4) is 0 Å². The fourth-order valence-electron chi connectivity index (χ4n) is 3.24. The van der Waals surface area contributed by atoms with Crippen molar-refractivity contribution in [2.45, 2.75) is 72.4 Å². The molecule has 1 saturated heterocycles. The van der Waals surface area contributed by atoms with Crippen LogP contribution in [0.1, 0.15) is 60.3 Å². The number of nitrogens with one attached hydrogen (secondary N) is 1. The maximum atomic E-state index is 3.83. The van der Waals surface area contributed by atoms with Gasteiger partial charge < -0.3 is 5.32 Å². The van der Waals surface area contributed by atoms with E-state index in [0.717, 1.165) is 23.9 Å². The molecule has 0 spiro atoms. The molecule has 3 atom stereocenters. The summed E-state index contributed by atoms with van der Waals surface area (Å²) in [5.74, 6) is 1.79. The molecule has 1 heterocycles. The SMILES string of the molecule is CCC(C)C1CNC(C2CC2)CN1CCC(C)(C)C. The first-order valence-electron chi connectivity index (χ1n) is 8.38. The number of nitrogens with zero attached hydrogens (tertiary/aromatic N) is 1. The Morgan fingerprint density at radius 1 is 1.26 bits per heavy atom. The van der Waals surface area contributed by atoms with Gasteiger partial charge in [0.05, 0.1) is 0 Å². The van der Waals surface area contributed by atoms with Crippen LogP contribution in [0.5, 0.6) is 0 Å². The Morgan fingerprint density at radius 2 is 1.95 bits per heavy atom. The standard InChI is InChI=1S/C17H34N2/c1-6-13(2)16-11-18-15(14-7-8-14)12-19(16)10-9-17(3,4)5/h13-16,18H,6-12H2,1-5H3. The topological polar surface area (TPSA) is 15.3 Å². The van der Waals surface area contributed by atoms with Gasteiger partial charge >= 0.3 is 0 Å². The molecule has 1 aliphatic heterocycles. The second-order valence-electron chi connectivity index (χ2n) is 8.11. The molecule has 0 aromatic rings. The third-order valence-corrected chi connectivity index (χ3v) is 5.13. The number of hydrogen-bond acceptors (Lipinski definition) is 2. The molecule has 19 heavy (non-hydrogen) atoms. The Labute approximate surface area is 120 Å². The summed E-state index contributed by atoms with van der Waals surface area (Å²) < 4.78 is 0. The summed E-state index contributed by atoms with van der Waals surface area (Å²) in [6.07, 6.45) is 5.53. The van der Waals surface area contributed by atoms with Crippen LogP contribution in [0.25, 0.3) is 0 Å². The first kappa shape index (κ1) is 15.3. The van der Waals surface area contributed by atoms with Crippen LogP contribution in [-0.4, -0.2) is 36.6 Å². The minimum atomic E-state index is 0.458. The van der Waals surface area contributed by atoms with E-state index in [1.165, 1.54) is 45.3 Å². The zero-order valence-corrected chi connectivity index (χ0v) is 13.7. The van der Waals surface area contributed by atoms with Crippen molar-refractivity contribution in [2.75, 3.05) is 19.6 Å². The van der Waals surface area contributed by atoms with Crippen LogP contribution >= 0.6 is 0 Å². The lowest BCUT2D eigenvalue weighted by Gasteiger charge is -2.44. The van der Waals surface area contributed by atoms with E-state index in [-0.39, 0.29) is 0 Å². The van der Waals surface area contributed by atoms with Crippen LogP contribution in [0, 0.1) is 17.3 Å². The number of hydrogen-bond donors (Lipinski definition) is 1. The highest BCUT2D eigenvalue weighted by atomic mass is 15.2. The molecule has 1 saturated carbocycles. The Balaban J connectivity index is 1.93. The molecular formula is C17H34N2. The van der Waals surface area contributed by atoms with Crippen molar-refractivity contribution in [3.63, 3.8) is 0 Å². The highest BCUT2D eigenvalue weighted by molar-refractivity contribution is 4.95. The van der Waals surface area contributed by atoms with E-state index >= 15 is 0 Å². The number of rotatable bonds is 5. The van der Waals surface area contributed by atoms with Gasteiger partial charge in [-0.25, -0.2) is 0 Å². The quantitative estimate of drug-likeness (QED) is 0.819. The van der Waals surface area contributed by atoms with Crippen LogP contribution in [-0.2, 0) is 0 Å². The van der Waals surface area contributed by atoms with Crippen molar-refractivity contribution in [1.82, 2.24) is 10.2 Å². The van der Waals surface area contributed by atoms with Gasteiger partial charge in [0.1, 0.15) is 0 Å². The molecular weight excluding hydrogens is 232 g/mol. The van der Waals surface area contributed by atoms with E-state index in [1.807, 2.05) is 0 Å². The lowest BCUT2D eigenvalue weighted by molar-refractivity contribution is 0.0749. The van der Waals surface area contributed by atoms with Crippen molar-refractivity contribution in [2.24, 2.45) is 17.3 Å². The molecule has 2 rings (SSSR count). The van der Waals surface area contributed by atoms with Crippen LogP contribution in [0.15, 0.2) is 0 Å². The van der Waals surface area contributed by atoms with Gasteiger partial charge in [0.25, 0.3) is 0 Å². The van der Waals surface area contributed by atoms with Crippen LogP contribution < -0.4 is 5.32 Å². The lowest BCUT2D eigenvalue weighted by Crippen LogP contribution is -2.59. The predicted molar refractivity (Wildman–Crippen MR) is 83.4 cm³/mol. The van der Waals surface area contributed by atoms with E-state index < -0.39 is 0 Å². The van der Waals surface area contributed by atoms with Crippen molar-refractivity contribution < 1.29 is 0 Å². The molecule has 1 aliphatic carbocycles. The van der Waals surface area contributed by atoms with Gasteiger partial charge in [-0.3, -0.25) is 4.90 Å². The Bertz CT molecular complexity index is 277. The molecule has 1 N–H and O–H groups in total. The third kappa shape index (κ3) is 4.46. The molecule has 112 valence electrons. The fourth-order valence-corrected chi connectivity index (χ4v) is 3.24. The summed E-state index contributed by atoms with van der Waals surface area (Å²) in [4.78, 5) is 2.80. The first-order chi connectivity index (χ1) is 8.90. The van der Waals surface area contributed by atoms with Crippen molar-refractivity contribution in [3.05, 3.63) is 0 Å². The van der Waals surface area contributed by atoms with Gasteiger partial charge in [-0.05, 0) is 43.1 Å². The third-order valence-electron chi connectivity index (χ3n) is 5.13. The summed E-state index contributed by atoms with van der Waals surface area (Å²) in [6, 6.07) is 1.53. The highest BCUT2D eigenvalue weighted by Crippen LogP contribution is 2.35. The molecule has 0 aromatic carbocycles. The van der Waals surface area contributed by atoms with E-state index in [2.05, 4.69) is 44.8 Å². The van der Waals surface area contributed by atoms with E-state index in [9.17, 15) is 0 Å². The molecule has 2 nitrogen and oxygen atoms in total. The first-order valence-corrected chi connectivity index (χ1v) is 8.38. The molecule has 3 unspecified atom stereocenters. The Hall–Kier alpha value is -0.0800. The van der Waals surface area contributed by atoms with Crippen LogP contribution in [0.2, 0.25) is 0 Å². The summed E-state index contributed by atoms with van der Waals surface area (Å²) in [5.41, 5.74) is 0.458. The second kappa shape index (κ2) is 6.13. The lowest BCUT2D eigenvalue weighted by atomic mass is 9.89. The summed E-state index contributed by atoms with van der Waals surface area (Å²) in [7, 11) is 0. The summed E-state index contributed by atoms with van der Waals surface area (Å²) >= 11 is 0. The average Bonchev–Trinajstić information content (AvgIpc) is 3.18. The predicted octanol–water partition coefficient (Wildman–Crippen LogP) is 3.52. The van der Waals surface area contributed by atoms with E-state index in [1.54, 1.807) is 0 Å². The van der Waals surface area contributed by atoms with Crippen molar-refractivity contribution in [3.8, 4) is 0 Å². The molecule has 2 fully saturated rings. The van der Waals surface area contributed by atoms with Crippen LogP contribution in [0.4, 0.5) is 0 Å². The maximum Gasteiger partial charge on any atom is 0.0246 e. The molecule has 2 heteroatoms. The fraction of sp³-hybridized carbons (Fsp3) is 1.00. The minimum absolute atomic E-state index is 0.458. The highest BCUT2D eigenvalue weighted by Gasteiger charge is 2.38. The smallest absolute Gasteiger partial charge is 0.0246 e. The minimum Gasteiger partial charge on any atom is -0.311 e. The largest absolute Gasteiger partial charge is 0.311 e. The zero-order chi connectivity index (χ0) is 14.0. The second-order valence-corrected chi connectivity index (χ2v) is 8.11. The summed E-state index contributed by atoms with van der Waals surface area (Å²) in [5, 5.41) is 3.83. The van der Waals surface area contributed by atoms with E-state index in [0.29, 0.717) is 5.41 Å². The Kier molecular flexibility index (Phi) is 4.94. The zero-order valence-electron chi connectivity index (χ0n) is 13.7. The monoisotopic (exact) mass is 266 g/mol. The van der Waals surface area contributed by atoms with Gasteiger partial charge in [0.2, 0.25) is 0 Å². The van der Waals surface area contributed by atoms with E-state index in [4.69, 9.17) is 0 Å². The van der Waals surface area contributed by atoms with Crippen molar-refractivity contribution in [1.29, 1.82) is 0 Å². The molecule has 2 aliphatic rings. The summed E-state index contributed by atoms with van der Waals surface area (Å²) in [6.45, 7) is 15.6. The molecule has 0 radical (unpaired) electrons. The van der Waals surface area contributed by atoms with Gasteiger partial charge in [0.15, 0.2) is 0 Å². The normalized spacial score (nSPS) is 31.4. The maximum absolute atomic E-state index is 3.83. The van der Waals surface area contributed by atoms with Gasteiger partial charge in [-0.2, -0.15) is 0 Å². The average molecular weight is 266 g/mol. The molecule has 0 amide bonds. The van der Waals surface area contributed by atoms with Gasteiger partial charge in [-0.1, -0.05) is 41.0 Å². The molecule has 0 aromatic heterocycles. The van der Waals surface area contributed by atoms with Gasteiger partial charge in [-0.15, -0.1) is 0 Å².